The van der Waals surface area contributed by atoms with Crippen LogP contribution in [0.4, 0.5) is 0 Å². The van der Waals surface area contributed by atoms with Crippen molar-refractivity contribution in [3.05, 3.63) is 126 Å². The number of hydrogen-bond donors (Lipinski definition) is 1. The average Bonchev–Trinajstić information content (AvgIpc) is 3.26. The van der Waals surface area contributed by atoms with Gasteiger partial charge in [-0.25, -0.2) is 4.98 Å². The van der Waals surface area contributed by atoms with Crippen LogP contribution in [0.15, 0.2) is 104 Å². The van der Waals surface area contributed by atoms with E-state index in [4.69, 9.17) is 0 Å². The summed E-state index contributed by atoms with van der Waals surface area (Å²) in [7, 11) is 0. The van der Waals surface area contributed by atoms with Gasteiger partial charge in [-0.1, -0.05) is 107 Å². The van der Waals surface area contributed by atoms with Crippen molar-refractivity contribution >= 4 is 15.9 Å². The second-order valence-corrected chi connectivity index (χ2v) is 7.33. The van der Waals surface area contributed by atoms with Gasteiger partial charge in [0.2, 0.25) is 0 Å². The lowest BCUT2D eigenvalue weighted by molar-refractivity contribution is 0.201. The summed E-state index contributed by atoms with van der Waals surface area (Å²) < 4.78 is 2.11. The smallest absolute Gasteiger partial charge is 0.121 e. The Balaban J connectivity index is 2.06. The van der Waals surface area contributed by atoms with E-state index < -0.39 is 11.6 Å². The lowest BCUT2D eigenvalue weighted by atomic mass is 9.77. The van der Waals surface area contributed by atoms with Gasteiger partial charge in [0.05, 0.1) is 12.0 Å². The van der Waals surface area contributed by atoms with E-state index in [0.29, 0.717) is 11.0 Å². The Kier molecular flexibility index (Phi) is 5.42. The van der Waals surface area contributed by atoms with E-state index in [0.717, 1.165) is 16.7 Å². The number of alkyl halides is 1. The molecular formula is C24H21BrN2O. The van der Waals surface area contributed by atoms with Gasteiger partial charge in [0.25, 0.3) is 0 Å². The van der Waals surface area contributed by atoms with Crippen LogP contribution < -0.4 is 0 Å². The first kappa shape index (κ1) is 18.7. The zero-order valence-electron chi connectivity index (χ0n) is 15.3. The molecule has 4 rings (SSSR count). The van der Waals surface area contributed by atoms with Crippen molar-refractivity contribution in [3.63, 3.8) is 0 Å². The van der Waals surface area contributed by atoms with E-state index in [1.165, 1.54) is 0 Å². The summed E-state index contributed by atoms with van der Waals surface area (Å²) in [5.74, 6) is 0. The Morgan fingerprint density at radius 1 is 0.786 bits per heavy atom. The van der Waals surface area contributed by atoms with Crippen molar-refractivity contribution in [2.75, 3.05) is 5.33 Å². The van der Waals surface area contributed by atoms with Crippen LogP contribution in [0.1, 0.15) is 28.5 Å². The van der Waals surface area contributed by atoms with Crippen LogP contribution in [0.3, 0.4) is 0 Å². The number of imidazole rings is 1. The summed E-state index contributed by atoms with van der Waals surface area (Å²) in [5, 5.41) is 10.7. The van der Waals surface area contributed by atoms with Gasteiger partial charge in [-0.05, 0) is 16.7 Å². The number of rotatable bonds is 6. The fourth-order valence-electron chi connectivity index (χ4n) is 3.76. The molecule has 1 heterocycles. The maximum absolute atomic E-state index is 10.3. The Hall–Kier alpha value is -2.69. The molecule has 28 heavy (non-hydrogen) atoms. The fraction of sp³-hybridized carbons (Fsp3) is 0.125. The zero-order valence-corrected chi connectivity index (χ0v) is 16.9. The van der Waals surface area contributed by atoms with E-state index in [1.807, 2.05) is 30.7 Å². The fourth-order valence-corrected chi connectivity index (χ4v) is 4.09. The van der Waals surface area contributed by atoms with Crippen LogP contribution in [0.5, 0.6) is 0 Å². The van der Waals surface area contributed by atoms with Gasteiger partial charge in [0.1, 0.15) is 11.6 Å². The molecule has 0 aliphatic heterocycles. The van der Waals surface area contributed by atoms with Crippen molar-refractivity contribution < 1.29 is 5.11 Å². The van der Waals surface area contributed by atoms with E-state index in [9.17, 15) is 5.11 Å². The van der Waals surface area contributed by atoms with E-state index >= 15 is 0 Å². The Bertz CT molecular complexity index is 920. The van der Waals surface area contributed by atoms with Crippen molar-refractivity contribution in [2.45, 2.75) is 11.6 Å². The summed E-state index contributed by atoms with van der Waals surface area (Å²) in [6.07, 6.45) is 3.11. The predicted molar refractivity (Wildman–Crippen MR) is 116 cm³/mol. The molecular weight excluding hydrogens is 412 g/mol. The Morgan fingerprint density at radius 2 is 1.21 bits per heavy atom. The highest BCUT2D eigenvalue weighted by molar-refractivity contribution is 9.09. The predicted octanol–water partition coefficient (Wildman–Crippen LogP) is 5.15. The summed E-state index contributed by atoms with van der Waals surface area (Å²) in [6.45, 7) is 0. The molecule has 3 nitrogen and oxygen atoms in total. The van der Waals surface area contributed by atoms with Crippen LogP contribution in [0.25, 0.3) is 0 Å². The quantitative estimate of drug-likeness (QED) is 0.337. The summed E-state index contributed by atoms with van der Waals surface area (Å²) in [4.78, 5) is 4.51. The first-order valence-electron chi connectivity index (χ1n) is 9.21. The number of halogens is 1. The van der Waals surface area contributed by atoms with Crippen molar-refractivity contribution in [2.24, 2.45) is 0 Å². The second kappa shape index (κ2) is 8.13. The van der Waals surface area contributed by atoms with Crippen LogP contribution in [0, 0.1) is 0 Å². The first-order chi connectivity index (χ1) is 13.8. The average molecular weight is 433 g/mol. The maximum atomic E-state index is 10.3. The lowest BCUT2D eigenvalue weighted by Crippen LogP contribution is -2.37. The molecule has 4 heteroatoms. The largest absolute Gasteiger partial charge is 0.386 e. The topological polar surface area (TPSA) is 38.0 Å². The van der Waals surface area contributed by atoms with Gasteiger partial charge >= 0.3 is 0 Å². The van der Waals surface area contributed by atoms with Crippen LogP contribution in [-0.2, 0) is 5.54 Å². The molecule has 0 aliphatic carbocycles. The molecule has 140 valence electrons. The van der Waals surface area contributed by atoms with Crippen molar-refractivity contribution in [1.29, 1.82) is 0 Å². The molecule has 3 aromatic carbocycles. The lowest BCUT2D eigenvalue weighted by Gasteiger charge is -2.37. The van der Waals surface area contributed by atoms with Gasteiger partial charge in [0.15, 0.2) is 0 Å². The molecule has 4 aromatic rings. The number of aromatic nitrogens is 2. The molecule has 0 spiro atoms. The van der Waals surface area contributed by atoms with Gasteiger partial charge < -0.3 is 9.67 Å². The number of hydrogen-bond acceptors (Lipinski definition) is 2. The van der Waals surface area contributed by atoms with Gasteiger partial charge in [0, 0.05) is 11.5 Å². The standard InChI is InChI=1S/C24H21BrN2O/c25-16-23(28)22-17-27(18-26-22)24(19-10-4-1-5-11-19,20-12-6-2-7-13-20)21-14-8-3-9-15-21/h1-15,17-18,23,28H,16H2. The summed E-state index contributed by atoms with van der Waals surface area (Å²) in [6, 6.07) is 31.3. The first-order valence-corrected chi connectivity index (χ1v) is 10.3. The molecule has 1 atom stereocenters. The van der Waals surface area contributed by atoms with E-state index in [-0.39, 0.29) is 0 Å². The molecule has 0 radical (unpaired) electrons. The highest BCUT2D eigenvalue weighted by Crippen LogP contribution is 2.41. The summed E-state index contributed by atoms with van der Waals surface area (Å²) in [5.41, 5.74) is 3.43. The van der Waals surface area contributed by atoms with E-state index in [2.05, 4.69) is 98.3 Å². The number of nitrogens with zero attached hydrogens (tertiary/aromatic N) is 2. The highest BCUT2D eigenvalue weighted by Gasteiger charge is 2.38. The molecule has 0 saturated carbocycles. The maximum Gasteiger partial charge on any atom is 0.121 e. The molecule has 0 aliphatic rings. The normalized spacial score (nSPS) is 12.6. The zero-order chi connectivity index (χ0) is 19.4. The molecule has 1 aromatic heterocycles. The third kappa shape index (κ3) is 3.19. The van der Waals surface area contributed by atoms with Gasteiger partial charge in [-0.2, -0.15) is 0 Å². The minimum absolute atomic E-state index is 0.443. The van der Waals surface area contributed by atoms with Crippen LogP contribution in [0.2, 0.25) is 0 Å². The number of aliphatic hydroxyl groups excluding tert-OH is 1. The second-order valence-electron chi connectivity index (χ2n) is 6.68. The van der Waals surface area contributed by atoms with Gasteiger partial charge in [-0.3, -0.25) is 0 Å². The Morgan fingerprint density at radius 3 is 1.61 bits per heavy atom. The van der Waals surface area contributed by atoms with Crippen LogP contribution in [-0.4, -0.2) is 20.0 Å². The summed E-state index contributed by atoms with van der Waals surface area (Å²) >= 11 is 3.35. The molecule has 0 bridgehead atoms. The molecule has 1 N–H and O–H groups in total. The van der Waals surface area contributed by atoms with Crippen molar-refractivity contribution in [3.8, 4) is 0 Å². The molecule has 0 amide bonds. The monoisotopic (exact) mass is 432 g/mol. The molecule has 0 fully saturated rings. The third-order valence-corrected chi connectivity index (χ3v) is 5.67. The minimum atomic E-state index is -0.652. The molecule has 1 unspecified atom stereocenters. The SMILES string of the molecule is OC(CBr)c1cn(C(c2ccccc2)(c2ccccc2)c2ccccc2)cn1. The number of aliphatic hydroxyl groups is 1. The highest BCUT2D eigenvalue weighted by atomic mass is 79.9. The van der Waals surface area contributed by atoms with Crippen molar-refractivity contribution in [1.82, 2.24) is 9.55 Å². The third-order valence-electron chi connectivity index (χ3n) is 5.05. The molecule has 0 saturated heterocycles. The Labute approximate surface area is 173 Å². The van der Waals surface area contributed by atoms with E-state index in [1.54, 1.807) is 0 Å². The van der Waals surface area contributed by atoms with Crippen LogP contribution >= 0.6 is 15.9 Å². The van der Waals surface area contributed by atoms with Gasteiger partial charge in [-0.15, -0.1) is 0 Å². The minimum Gasteiger partial charge on any atom is -0.386 e. The number of benzene rings is 3.